The summed E-state index contributed by atoms with van der Waals surface area (Å²) in [6, 6.07) is 0. The van der Waals surface area contributed by atoms with Crippen LogP contribution in [-0.4, -0.2) is 36.5 Å². The minimum absolute atomic E-state index is 0.182. The highest BCUT2D eigenvalue weighted by molar-refractivity contribution is 5.00. The molecule has 0 radical (unpaired) electrons. The summed E-state index contributed by atoms with van der Waals surface area (Å²) in [4.78, 5) is 0. The molecule has 0 aromatic carbocycles. The number of rotatable bonds is 8. The van der Waals surface area contributed by atoms with Gasteiger partial charge in [-0.05, 0) is 38.6 Å². The summed E-state index contributed by atoms with van der Waals surface area (Å²) < 4.78 is 5.78. The van der Waals surface area contributed by atoms with Crippen LogP contribution in [0, 0.1) is 5.92 Å². The van der Waals surface area contributed by atoms with E-state index >= 15 is 0 Å². The number of ether oxygens (including phenoxy) is 1. The van der Waals surface area contributed by atoms with Gasteiger partial charge in [0.2, 0.25) is 0 Å². The second kappa shape index (κ2) is 5.83. The Hall–Kier alpha value is -0.120. The molecule has 1 fully saturated rings. The van der Waals surface area contributed by atoms with Crippen molar-refractivity contribution in [3.63, 3.8) is 0 Å². The van der Waals surface area contributed by atoms with Gasteiger partial charge in [0.15, 0.2) is 0 Å². The summed E-state index contributed by atoms with van der Waals surface area (Å²) in [5.74, 6) is 0.603. The summed E-state index contributed by atoms with van der Waals surface area (Å²) in [6.45, 7) is 7.99. The quantitative estimate of drug-likeness (QED) is 0.645. The van der Waals surface area contributed by atoms with E-state index in [9.17, 15) is 5.11 Å². The van der Waals surface area contributed by atoms with Crippen LogP contribution in [-0.2, 0) is 4.74 Å². The van der Waals surface area contributed by atoms with Crippen molar-refractivity contribution >= 4 is 0 Å². The SMILES string of the molecule is CCNC(CO)(COC(C)CC)C1CC1. The lowest BCUT2D eigenvalue weighted by Gasteiger charge is -2.33. The van der Waals surface area contributed by atoms with Crippen molar-refractivity contribution in [2.45, 2.75) is 51.7 Å². The first kappa shape index (κ1) is 12.9. The number of aliphatic hydroxyl groups is 1. The highest BCUT2D eigenvalue weighted by Gasteiger charge is 2.44. The minimum atomic E-state index is -0.182. The Bertz CT molecular complexity index is 182. The normalized spacial score (nSPS) is 22.4. The van der Waals surface area contributed by atoms with Crippen molar-refractivity contribution in [2.24, 2.45) is 5.92 Å². The Morgan fingerprint density at radius 1 is 1.47 bits per heavy atom. The Labute approximate surface area is 93.2 Å². The molecule has 1 rings (SSSR count). The summed E-state index contributed by atoms with van der Waals surface area (Å²) >= 11 is 0. The number of aliphatic hydroxyl groups excluding tert-OH is 1. The molecule has 0 bridgehead atoms. The molecule has 0 amide bonds. The number of nitrogens with one attached hydrogen (secondary N) is 1. The standard InChI is InChI=1S/C12H25NO2/c1-4-10(3)15-9-12(8-14,13-5-2)11-6-7-11/h10-11,13-14H,4-9H2,1-3H3. The molecule has 0 saturated heterocycles. The molecule has 1 aliphatic carbocycles. The maximum atomic E-state index is 9.56. The molecule has 15 heavy (non-hydrogen) atoms. The predicted molar refractivity (Wildman–Crippen MR) is 61.9 cm³/mol. The maximum Gasteiger partial charge on any atom is 0.0679 e. The molecule has 0 aromatic rings. The molecular weight excluding hydrogens is 190 g/mol. The van der Waals surface area contributed by atoms with Crippen LogP contribution in [0.2, 0.25) is 0 Å². The fourth-order valence-electron chi connectivity index (χ4n) is 1.94. The topological polar surface area (TPSA) is 41.5 Å². The molecule has 2 unspecified atom stereocenters. The van der Waals surface area contributed by atoms with E-state index in [0.717, 1.165) is 13.0 Å². The van der Waals surface area contributed by atoms with Crippen molar-refractivity contribution in [1.82, 2.24) is 5.32 Å². The molecule has 2 N–H and O–H groups in total. The lowest BCUT2D eigenvalue weighted by atomic mass is 9.95. The fourth-order valence-corrected chi connectivity index (χ4v) is 1.94. The van der Waals surface area contributed by atoms with E-state index in [2.05, 4.69) is 26.1 Å². The third-order valence-electron chi connectivity index (χ3n) is 3.37. The molecule has 0 heterocycles. The second-order valence-electron chi connectivity index (χ2n) is 4.65. The first-order valence-corrected chi connectivity index (χ1v) is 6.16. The lowest BCUT2D eigenvalue weighted by molar-refractivity contribution is -0.0117. The molecule has 1 saturated carbocycles. The molecule has 2 atom stereocenters. The zero-order valence-electron chi connectivity index (χ0n) is 10.3. The van der Waals surface area contributed by atoms with E-state index in [1.54, 1.807) is 0 Å². The Kier molecular flexibility index (Phi) is 5.03. The van der Waals surface area contributed by atoms with Crippen LogP contribution in [0.15, 0.2) is 0 Å². The van der Waals surface area contributed by atoms with E-state index in [4.69, 9.17) is 4.74 Å². The van der Waals surface area contributed by atoms with Crippen LogP contribution in [0.1, 0.15) is 40.0 Å². The monoisotopic (exact) mass is 215 g/mol. The summed E-state index contributed by atoms with van der Waals surface area (Å²) in [7, 11) is 0. The predicted octanol–water partition coefficient (Wildman–Crippen LogP) is 1.55. The molecule has 3 heteroatoms. The van der Waals surface area contributed by atoms with Gasteiger partial charge >= 0.3 is 0 Å². The summed E-state index contributed by atoms with van der Waals surface area (Å²) in [6.07, 6.45) is 3.75. The van der Waals surface area contributed by atoms with Gasteiger partial charge in [-0.15, -0.1) is 0 Å². The zero-order chi connectivity index (χ0) is 11.3. The highest BCUT2D eigenvalue weighted by atomic mass is 16.5. The molecule has 0 aromatic heterocycles. The average molecular weight is 215 g/mol. The molecular formula is C12H25NO2. The third-order valence-corrected chi connectivity index (χ3v) is 3.37. The average Bonchev–Trinajstić information content (AvgIpc) is 3.08. The largest absolute Gasteiger partial charge is 0.394 e. The van der Waals surface area contributed by atoms with Crippen molar-refractivity contribution in [3.05, 3.63) is 0 Å². The molecule has 1 aliphatic rings. The zero-order valence-corrected chi connectivity index (χ0v) is 10.3. The minimum Gasteiger partial charge on any atom is -0.394 e. The van der Waals surface area contributed by atoms with Gasteiger partial charge in [0.1, 0.15) is 0 Å². The van der Waals surface area contributed by atoms with E-state index in [0.29, 0.717) is 12.5 Å². The van der Waals surface area contributed by atoms with Crippen LogP contribution in [0.25, 0.3) is 0 Å². The van der Waals surface area contributed by atoms with Gasteiger partial charge < -0.3 is 15.2 Å². The molecule has 90 valence electrons. The van der Waals surface area contributed by atoms with Crippen molar-refractivity contribution in [3.8, 4) is 0 Å². The smallest absolute Gasteiger partial charge is 0.0679 e. The van der Waals surface area contributed by atoms with Crippen LogP contribution in [0.4, 0.5) is 0 Å². The van der Waals surface area contributed by atoms with Crippen LogP contribution in [0.5, 0.6) is 0 Å². The third kappa shape index (κ3) is 3.44. The van der Waals surface area contributed by atoms with E-state index < -0.39 is 0 Å². The van der Waals surface area contributed by atoms with Crippen LogP contribution >= 0.6 is 0 Å². The van der Waals surface area contributed by atoms with Crippen molar-refractivity contribution < 1.29 is 9.84 Å². The van der Waals surface area contributed by atoms with Crippen molar-refractivity contribution in [2.75, 3.05) is 19.8 Å². The Morgan fingerprint density at radius 2 is 2.13 bits per heavy atom. The first-order chi connectivity index (χ1) is 7.18. The van der Waals surface area contributed by atoms with Crippen molar-refractivity contribution in [1.29, 1.82) is 0 Å². The van der Waals surface area contributed by atoms with Crippen LogP contribution in [0.3, 0.4) is 0 Å². The highest BCUT2D eigenvalue weighted by Crippen LogP contribution is 2.39. The lowest BCUT2D eigenvalue weighted by Crippen LogP contribution is -2.54. The number of likely N-dealkylation sites (N-methyl/N-ethyl adjacent to an activating group) is 1. The van der Waals surface area contributed by atoms with Gasteiger partial charge in [0, 0.05) is 0 Å². The van der Waals surface area contributed by atoms with Gasteiger partial charge in [-0.25, -0.2) is 0 Å². The molecule has 0 aliphatic heterocycles. The van der Waals surface area contributed by atoms with E-state index in [1.165, 1.54) is 12.8 Å². The van der Waals surface area contributed by atoms with E-state index in [1.807, 2.05) is 0 Å². The first-order valence-electron chi connectivity index (χ1n) is 6.16. The van der Waals surface area contributed by atoms with Gasteiger partial charge in [-0.3, -0.25) is 0 Å². The maximum absolute atomic E-state index is 9.56. The summed E-state index contributed by atoms with van der Waals surface area (Å²) in [5.41, 5.74) is -0.182. The molecule has 3 nitrogen and oxygen atoms in total. The second-order valence-corrected chi connectivity index (χ2v) is 4.65. The van der Waals surface area contributed by atoms with Gasteiger partial charge in [0.25, 0.3) is 0 Å². The Balaban J connectivity index is 2.47. The number of hydrogen-bond acceptors (Lipinski definition) is 3. The van der Waals surface area contributed by atoms with Gasteiger partial charge in [0.05, 0.1) is 24.9 Å². The summed E-state index contributed by atoms with van der Waals surface area (Å²) in [5, 5.41) is 13.0. The van der Waals surface area contributed by atoms with Crippen LogP contribution < -0.4 is 5.32 Å². The van der Waals surface area contributed by atoms with E-state index in [-0.39, 0.29) is 18.2 Å². The number of hydrogen-bond donors (Lipinski definition) is 2. The molecule has 0 spiro atoms. The Morgan fingerprint density at radius 3 is 2.53 bits per heavy atom. The van der Waals surface area contributed by atoms with Gasteiger partial charge in [-0.1, -0.05) is 13.8 Å². The van der Waals surface area contributed by atoms with Gasteiger partial charge in [-0.2, -0.15) is 0 Å². The fraction of sp³-hybridized carbons (Fsp3) is 1.00.